The van der Waals surface area contributed by atoms with Gasteiger partial charge in [0.1, 0.15) is 6.54 Å². The maximum atomic E-state index is 12.2. The Bertz CT molecular complexity index is 224. The molecule has 0 radical (unpaired) electrons. The summed E-state index contributed by atoms with van der Waals surface area (Å²) in [6, 6.07) is -0.433. The van der Waals surface area contributed by atoms with E-state index in [0.29, 0.717) is 19.4 Å². The van der Waals surface area contributed by atoms with Gasteiger partial charge in [-0.1, -0.05) is 0 Å². The molecule has 3 nitrogen and oxygen atoms in total. The zero-order chi connectivity index (χ0) is 11.5. The van der Waals surface area contributed by atoms with Gasteiger partial charge in [0.2, 0.25) is 5.91 Å². The first-order chi connectivity index (χ1) is 6.90. The summed E-state index contributed by atoms with van der Waals surface area (Å²) < 4.78 is 41.6. The molecule has 6 heteroatoms. The van der Waals surface area contributed by atoms with E-state index in [9.17, 15) is 18.0 Å². The summed E-state index contributed by atoms with van der Waals surface area (Å²) in [6.45, 7) is 0.737. The molecule has 1 heterocycles. The number of hydrogen-bond acceptors (Lipinski definition) is 2. The van der Waals surface area contributed by atoms with Crippen LogP contribution in [0.3, 0.4) is 0 Å². The maximum Gasteiger partial charge on any atom is 0.406 e. The van der Waals surface area contributed by atoms with Crippen LogP contribution < -0.4 is 0 Å². The van der Waals surface area contributed by atoms with E-state index in [1.807, 2.05) is 0 Å². The van der Waals surface area contributed by atoms with Crippen molar-refractivity contribution in [3.63, 3.8) is 0 Å². The molecule has 88 valence electrons. The molecule has 1 rings (SSSR count). The first kappa shape index (κ1) is 12.3. The Morgan fingerprint density at radius 3 is 2.60 bits per heavy atom. The van der Waals surface area contributed by atoms with Crippen LogP contribution in [0.2, 0.25) is 0 Å². The van der Waals surface area contributed by atoms with Gasteiger partial charge in [-0.2, -0.15) is 13.2 Å². The van der Waals surface area contributed by atoms with Crippen LogP contribution in [0.1, 0.15) is 19.8 Å². The molecular weight excluding hydrogens is 211 g/mol. The lowest BCUT2D eigenvalue weighted by Crippen LogP contribution is -2.48. The zero-order valence-electron chi connectivity index (χ0n) is 8.51. The average Bonchev–Trinajstić information content (AvgIpc) is 2.14. The number of carbonyl (C=O) groups excluding carboxylic acids is 1. The monoisotopic (exact) mass is 225 g/mol. The Labute approximate surface area is 86.2 Å². The summed E-state index contributed by atoms with van der Waals surface area (Å²) in [5.41, 5.74) is 0. The third-order valence-electron chi connectivity index (χ3n) is 2.33. The average molecular weight is 225 g/mol. The zero-order valence-corrected chi connectivity index (χ0v) is 8.51. The highest BCUT2D eigenvalue weighted by Gasteiger charge is 2.35. The summed E-state index contributed by atoms with van der Waals surface area (Å²) in [4.78, 5) is 11.9. The molecule has 1 amide bonds. The molecule has 1 aliphatic heterocycles. The van der Waals surface area contributed by atoms with Gasteiger partial charge in [0.25, 0.3) is 0 Å². The van der Waals surface area contributed by atoms with Crippen LogP contribution in [0.4, 0.5) is 13.2 Å². The SMILES string of the molecule is CC(=O)N(CC(F)(F)F)C1CCCOC1. The molecule has 0 aromatic rings. The quantitative estimate of drug-likeness (QED) is 0.714. The fraction of sp³-hybridized carbons (Fsp3) is 0.889. The molecule has 1 unspecified atom stereocenters. The number of nitrogens with zero attached hydrogens (tertiary/aromatic N) is 1. The minimum atomic E-state index is -4.34. The normalized spacial score (nSPS) is 22.5. The van der Waals surface area contributed by atoms with Gasteiger partial charge < -0.3 is 9.64 Å². The number of carbonyl (C=O) groups is 1. The maximum absolute atomic E-state index is 12.2. The van der Waals surface area contributed by atoms with Crippen molar-refractivity contribution in [2.24, 2.45) is 0 Å². The number of ether oxygens (including phenoxy) is 1. The van der Waals surface area contributed by atoms with Crippen LogP contribution in [0.15, 0.2) is 0 Å². The predicted molar refractivity (Wildman–Crippen MR) is 47.3 cm³/mol. The smallest absolute Gasteiger partial charge is 0.379 e. The minimum absolute atomic E-state index is 0.204. The molecule has 0 spiro atoms. The highest BCUT2D eigenvalue weighted by molar-refractivity contribution is 5.73. The fourth-order valence-electron chi connectivity index (χ4n) is 1.66. The second kappa shape index (κ2) is 4.83. The largest absolute Gasteiger partial charge is 0.406 e. The van der Waals surface area contributed by atoms with E-state index in [-0.39, 0.29) is 6.61 Å². The molecule has 1 fully saturated rings. The summed E-state index contributed by atoms with van der Waals surface area (Å²) in [6.07, 6.45) is -3.06. The Morgan fingerprint density at radius 1 is 1.53 bits per heavy atom. The first-order valence-corrected chi connectivity index (χ1v) is 4.82. The molecule has 0 N–H and O–H groups in total. The van der Waals surface area contributed by atoms with E-state index < -0.39 is 24.7 Å². The molecule has 0 aromatic heterocycles. The Morgan fingerprint density at radius 2 is 2.20 bits per heavy atom. The van der Waals surface area contributed by atoms with Crippen molar-refractivity contribution in [3.8, 4) is 0 Å². The van der Waals surface area contributed by atoms with Crippen LogP contribution in [0.5, 0.6) is 0 Å². The molecule has 1 aliphatic rings. The molecule has 0 aromatic carbocycles. The topological polar surface area (TPSA) is 29.5 Å². The lowest BCUT2D eigenvalue weighted by molar-refractivity contribution is -0.168. The second-order valence-electron chi connectivity index (χ2n) is 3.63. The van der Waals surface area contributed by atoms with E-state index in [1.54, 1.807) is 0 Å². The second-order valence-corrected chi connectivity index (χ2v) is 3.63. The van der Waals surface area contributed by atoms with Crippen LogP contribution in [-0.2, 0) is 9.53 Å². The van der Waals surface area contributed by atoms with E-state index >= 15 is 0 Å². The predicted octanol–water partition coefficient (Wildman–Crippen LogP) is 1.58. The third-order valence-corrected chi connectivity index (χ3v) is 2.33. The van der Waals surface area contributed by atoms with Gasteiger partial charge in [-0.25, -0.2) is 0 Å². The Kier molecular flexibility index (Phi) is 3.96. The Balaban J connectivity index is 2.60. The van der Waals surface area contributed by atoms with Crippen LogP contribution in [0, 0.1) is 0 Å². The van der Waals surface area contributed by atoms with Gasteiger partial charge >= 0.3 is 6.18 Å². The van der Waals surface area contributed by atoms with Gasteiger partial charge in [0.15, 0.2) is 0 Å². The highest BCUT2D eigenvalue weighted by Crippen LogP contribution is 2.21. The molecule has 15 heavy (non-hydrogen) atoms. The number of rotatable bonds is 2. The highest BCUT2D eigenvalue weighted by atomic mass is 19.4. The fourth-order valence-corrected chi connectivity index (χ4v) is 1.66. The van der Waals surface area contributed by atoms with Crippen molar-refractivity contribution in [1.82, 2.24) is 4.90 Å². The molecule has 0 bridgehead atoms. The summed E-state index contributed by atoms with van der Waals surface area (Å²) in [7, 11) is 0. The first-order valence-electron chi connectivity index (χ1n) is 4.82. The molecule has 0 aliphatic carbocycles. The summed E-state index contributed by atoms with van der Waals surface area (Å²) in [5.74, 6) is -0.553. The van der Waals surface area contributed by atoms with Crippen molar-refractivity contribution in [3.05, 3.63) is 0 Å². The van der Waals surface area contributed by atoms with Crippen LogP contribution in [-0.4, -0.2) is 42.8 Å². The van der Waals surface area contributed by atoms with Crippen LogP contribution >= 0.6 is 0 Å². The van der Waals surface area contributed by atoms with Crippen molar-refractivity contribution < 1.29 is 22.7 Å². The molecule has 0 saturated carbocycles. The lowest BCUT2D eigenvalue weighted by Gasteiger charge is -2.33. The third kappa shape index (κ3) is 4.07. The van der Waals surface area contributed by atoms with Crippen LogP contribution in [0.25, 0.3) is 0 Å². The van der Waals surface area contributed by atoms with Crippen molar-refractivity contribution in [1.29, 1.82) is 0 Å². The number of amides is 1. The van der Waals surface area contributed by atoms with E-state index in [1.165, 1.54) is 0 Å². The van der Waals surface area contributed by atoms with Gasteiger partial charge in [0.05, 0.1) is 12.6 Å². The van der Waals surface area contributed by atoms with Gasteiger partial charge in [-0.3, -0.25) is 4.79 Å². The van der Waals surface area contributed by atoms with E-state index in [2.05, 4.69) is 0 Å². The van der Waals surface area contributed by atoms with Crippen molar-refractivity contribution in [2.75, 3.05) is 19.8 Å². The number of alkyl halides is 3. The number of hydrogen-bond donors (Lipinski definition) is 0. The molecule has 1 saturated heterocycles. The van der Waals surface area contributed by atoms with Crippen molar-refractivity contribution >= 4 is 5.91 Å². The van der Waals surface area contributed by atoms with Gasteiger partial charge in [0, 0.05) is 13.5 Å². The number of halogens is 3. The van der Waals surface area contributed by atoms with E-state index in [0.717, 1.165) is 11.8 Å². The molecule has 1 atom stereocenters. The van der Waals surface area contributed by atoms with Crippen molar-refractivity contribution in [2.45, 2.75) is 32.0 Å². The summed E-state index contributed by atoms with van der Waals surface area (Å²) in [5, 5.41) is 0. The molecular formula is C9H14F3NO2. The van der Waals surface area contributed by atoms with E-state index in [4.69, 9.17) is 4.74 Å². The summed E-state index contributed by atoms with van der Waals surface area (Å²) >= 11 is 0. The standard InChI is InChI=1S/C9H14F3NO2/c1-7(14)13(6-9(10,11)12)8-3-2-4-15-5-8/h8H,2-6H2,1H3. The van der Waals surface area contributed by atoms with Gasteiger partial charge in [-0.15, -0.1) is 0 Å². The lowest BCUT2D eigenvalue weighted by atomic mass is 10.1. The minimum Gasteiger partial charge on any atom is -0.379 e. The Hall–Kier alpha value is -0.780. The van der Waals surface area contributed by atoms with Gasteiger partial charge in [-0.05, 0) is 12.8 Å².